The van der Waals surface area contributed by atoms with Crippen molar-refractivity contribution in [2.75, 3.05) is 44.2 Å². The number of nitriles is 1. The summed E-state index contributed by atoms with van der Waals surface area (Å²) < 4.78 is 0. The summed E-state index contributed by atoms with van der Waals surface area (Å²) in [5, 5.41) is 9.38. The summed E-state index contributed by atoms with van der Waals surface area (Å²) in [6, 6.07) is 7.87. The van der Waals surface area contributed by atoms with Gasteiger partial charge in [0.15, 0.2) is 0 Å². The molecule has 6 heteroatoms. The molecule has 1 amide bonds. The minimum Gasteiger partial charge on any atom is -0.373 e. The van der Waals surface area contributed by atoms with Gasteiger partial charge in [0.05, 0.1) is 0 Å². The minimum absolute atomic E-state index is 0.134. The second-order valence-corrected chi connectivity index (χ2v) is 5.65. The zero-order chi connectivity index (χ0) is 18.1. The Hall–Kier alpha value is -3.07. The number of nitrogens with zero attached hydrogens (tertiary/aromatic N) is 5. The van der Waals surface area contributed by atoms with Crippen LogP contribution in [0.1, 0.15) is 0 Å². The molecule has 1 saturated heterocycles. The first-order valence-electron chi connectivity index (χ1n) is 8.22. The Balaban J connectivity index is 2.01. The van der Waals surface area contributed by atoms with E-state index in [1.54, 1.807) is 29.4 Å². The van der Waals surface area contributed by atoms with E-state index >= 15 is 0 Å². The lowest BCUT2D eigenvalue weighted by atomic mass is 10.2. The first-order valence-corrected chi connectivity index (χ1v) is 8.22. The molecule has 0 atom stereocenters. The lowest BCUT2D eigenvalue weighted by Crippen LogP contribution is -2.45. The lowest BCUT2D eigenvalue weighted by molar-refractivity contribution is -0.125. The molecule has 1 aliphatic rings. The fourth-order valence-corrected chi connectivity index (χ4v) is 2.66. The molecule has 0 aliphatic carbocycles. The second kappa shape index (κ2) is 9.28. The average Bonchev–Trinajstić information content (AvgIpc) is 2.66. The maximum Gasteiger partial charge on any atom is 0.266 e. The summed E-state index contributed by atoms with van der Waals surface area (Å²) >= 11 is 0. The number of aromatic nitrogens is 1. The molecule has 25 heavy (non-hydrogen) atoms. The highest BCUT2D eigenvalue weighted by Crippen LogP contribution is 2.13. The lowest BCUT2D eigenvalue weighted by Gasteiger charge is -2.35. The SMILES string of the molecule is C=CCN(CC=C)C(=O)/C(C#N)=C\N1CCN(c2ccccn2)CC1. The Morgan fingerprint density at radius 3 is 2.44 bits per heavy atom. The maximum atomic E-state index is 12.5. The highest BCUT2D eigenvalue weighted by Gasteiger charge is 2.20. The standard InChI is InChI=1S/C19H23N5O/c1-3-9-24(10-4-2)19(25)17(15-20)16-22-11-13-23(14-12-22)18-7-5-6-8-21-18/h3-8,16H,1-2,9-14H2/b17-16-. The summed E-state index contributed by atoms with van der Waals surface area (Å²) in [6.07, 6.45) is 6.73. The van der Waals surface area contributed by atoms with E-state index in [1.807, 2.05) is 29.2 Å². The van der Waals surface area contributed by atoms with Gasteiger partial charge >= 0.3 is 0 Å². The highest BCUT2D eigenvalue weighted by molar-refractivity contribution is 5.97. The van der Waals surface area contributed by atoms with Crippen molar-refractivity contribution in [1.82, 2.24) is 14.8 Å². The third-order valence-corrected chi connectivity index (χ3v) is 3.94. The van der Waals surface area contributed by atoms with Crippen molar-refractivity contribution in [2.24, 2.45) is 0 Å². The largest absolute Gasteiger partial charge is 0.373 e. The molecule has 0 bridgehead atoms. The van der Waals surface area contributed by atoms with Crippen LogP contribution in [0.3, 0.4) is 0 Å². The third-order valence-electron chi connectivity index (χ3n) is 3.94. The van der Waals surface area contributed by atoms with Gasteiger partial charge in [-0.05, 0) is 12.1 Å². The van der Waals surface area contributed by atoms with E-state index in [1.165, 1.54) is 0 Å². The summed E-state index contributed by atoms with van der Waals surface area (Å²) in [4.78, 5) is 22.6. The molecule has 0 N–H and O–H groups in total. The Labute approximate surface area is 149 Å². The topological polar surface area (TPSA) is 63.5 Å². The van der Waals surface area contributed by atoms with Gasteiger partial charge in [0.25, 0.3) is 5.91 Å². The van der Waals surface area contributed by atoms with Crippen LogP contribution >= 0.6 is 0 Å². The molecule has 0 aromatic carbocycles. The van der Waals surface area contributed by atoms with Gasteiger partial charge in [-0.1, -0.05) is 18.2 Å². The molecule has 1 aliphatic heterocycles. The van der Waals surface area contributed by atoms with Crippen LogP contribution in [0.15, 0.2) is 61.5 Å². The molecule has 2 heterocycles. The van der Waals surface area contributed by atoms with Crippen LogP contribution in [0, 0.1) is 11.3 Å². The predicted octanol–water partition coefficient (Wildman–Crippen LogP) is 1.81. The number of amides is 1. The fraction of sp³-hybridized carbons (Fsp3) is 0.316. The van der Waals surface area contributed by atoms with Crippen molar-refractivity contribution in [3.63, 3.8) is 0 Å². The van der Waals surface area contributed by atoms with Gasteiger partial charge in [-0.15, -0.1) is 13.2 Å². The molecule has 0 unspecified atom stereocenters. The number of hydrogen-bond acceptors (Lipinski definition) is 5. The van der Waals surface area contributed by atoms with E-state index in [0.29, 0.717) is 13.1 Å². The Kier molecular flexibility index (Phi) is 6.78. The van der Waals surface area contributed by atoms with Crippen LogP contribution in [0.25, 0.3) is 0 Å². The Morgan fingerprint density at radius 2 is 1.92 bits per heavy atom. The number of piperazine rings is 1. The van der Waals surface area contributed by atoms with E-state index in [-0.39, 0.29) is 11.5 Å². The van der Waals surface area contributed by atoms with Crippen LogP contribution in [-0.2, 0) is 4.79 Å². The van der Waals surface area contributed by atoms with Crippen molar-refractivity contribution >= 4 is 11.7 Å². The van der Waals surface area contributed by atoms with Gasteiger partial charge < -0.3 is 14.7 Å². The van der Waals surface area contributed by atoms with Crippen LogP contribution < -0.4 is 4.90 Å². The van der Waals surface area contributed by atoms with Gasteiger partial charge in [-0.3, -0.25) is 4.79 Å². The predicted molar refractivity (Wildman–Crippen MR) is 98.7 cm³/mol. The maximum absolute atomic E-state index is 12.5. The Bertz CT molecular complexity index is 659. The Morgan fingerprint density at radius 1 is 1.24 bits per heavy atom. The van der Waals surface area contributed by atoms with Crippen LogP contribution in [0.5, 0.6) is 0 Å². The number of rotatable bonds is 7. The molecule has 130 valence electrons. The fourth-order valence-electron chi connectivity index (χ4n) is 2.66. The average molecular weight is 337 g/mol. The summed E-state index contributed by atoms with van der Waals surface area (Å²) in [6.45, 7) is 11.1. The minimum atomic E-state index is -0.297. The van der Waals surface area contributed by atoms with Gasteiger partial charge in [0, 0.05) is 51.7 Å². The zero-order valence-electron chi connectivity index (χ0n) is 14.3. The number of pyridine rings is 1. The number of hydrogen-bond donors (Lipinski definition) is 0. The molecule has 1 fully saturated rings. The highest BCUT2D eigenvalue weighted by atomic mass is 16.2. The van der Waals surface area contributed by atoms with Gasteiger partial charge in [0.1, 0.15) is 17.5 Å². The first kappa shape index (κ1) is 18.3. The van der Waals surface area contributed by atoms with Crippen molar-refractivity contribution in [3.05, 3.63) is 61.5 Å². The van der Waals surface area contributed by atoms with Crippen LogP contribution in [0.4, 0.5) is 5.82 Å². The summed E-state index contributed by atoms with van der Waals surface area (Å²) in [5.41, 5.74) is 0.134. The van der Waals surface area contributed by atoms with E-state index in [9.17, 15) is 10.1 Å². The molecule has 0 radical (unpaired) electrons. The van der Waals surface area contributed by atoms with E-state index in [4.69, 9.17) is 0 Å². The third kappa shape index (κ3) is 4.95. The van der Waals surface area contributed by atoms with E-state index < -0.39 is 0 Å². The number of carbonyl (C=O) groups is 1. The first-order chi connectivity index (χ1) is 12.2. The van der Waals surface area contributed by atoms with Crippen molar-refractivity contribution < 1.29 is 4.79 Å². The van der Waals surface area contributed by atoms with Crippen molar-refractivity contribution in [3.8, 4) is 6.07 Å². The molecular weight excluding hydrogens is 314 g/mol. The van der Waals surface area contributed by atoms with Crippen LogP contribution in [0.2, 0.25) is 0 Å². The normalized spacial score (nSPS) is 14.6. The summed E-state index contributed by atoms with van der Waals surface area (Å²) in [7, 11) is 0. The van der Waals surface area contributed by atoms with E-state index in [0.717, 1.165) is 32.0 Å². The molecule has 0 saturated carbocycles. The summed E-state index contributed by atoms with van der Waals surface area (Å²) in [5.74, 6) is 0.653. The van der Waals surface area contributed by atoms with E-state index in [2.05, 4.69) is 23.0 Å². The smallest absolute Gasteiger partial charge is 0.266 e. The van der Waals surface area contributed by atoms with Crippen LogP contribution in [-0.4, -0.2) is 60.0 Å². The number of carbonyl (C=O) groups excluding carboxylic acids is 1. The number of anilines is 1. The van der Waals surface area contributed by atoms with Crippen molar-refractivity contribution in [1.29, 1.82) is 5.26 Å². The zero-order valence-corrected chi connectivity index (χ0v) is 14.3. The second-order valence-electron chi connectivity index (χ2n) is 5.65. The molecule has 0 spiro atoms. The monoisotopic (exact) mass is 337 g/mol. The van der Waals surface area contributed by atoms with Gasteiger partial charge in [0.2, 0.25) is 0 Å². The molecule has 2 rings (SSSR count). The van der Waals surface area contributed by atoms with Gasteiger partial charge in [-0.2, -0.15) is 5.26 Å². The molecule has 6 nitrogen and oxygen atoms in total. The quantitative estimate of drug-likeness (QED) is 0.431. The van der Waals surface area contributed by atoms with Gasteiger partial charge in [-0.25, -0.2) is 4.98 Å². The molecule has 1 aromatic heterocycles. The molecular formula is C19H23N5O. The van der Waals surface area contributed by atoms with Crippen molar-refractivity contribution in [2.45, 2.75) is 0 Å². The molecule has 1 aromatic rings.